The van der Waals surface area contributed by atoms with E-state index in [4.69, 9.17) is 16.6 Å². The van der Waals surface area contributed by atoms with Crippen molar-refractivity contribution in [3.63, 3.8) is 0 Å². The molecule has 11 nitrogen and oxygen atoms in total. The third kappa shape index (κ3) is 9.55. The molecule has 0 aliphatic rings. The van der Waals surface area contributed by atoms with Gasteiger partial charge in [-0.25, -0.2) is 4.79 Å². The molecule has 0 aromatic carbocycles. The lowest BCUT2D eigenvalue weighted by Crippen LogP contribution is -2.57. The van der Waals surface area contributed by atoms with Crippen LogP contribution in [0.15, 0.2) is 0 Å². The van der Waals surface area contributed by atoms with Crippen molar-refractivity contribution in [2.75, 3.05) is 5.75 Å². The molecule has 4 amide bonds. The van der Waals surface area contributed by atoms with Gasteiger partial charge in [-0.15, -0.1) is 0 Å². The molecule has 0 aromatic heterocycles. The highest BCUT2D eigenvalue weighted by Crippen LogP contribution is 2.07. The normalized spacial score (nSPS) is 15.1. The Kier molecular flexibility index (Phi) is 11.2. The third-order valence-electron chi connectivity index (χ3n) is 3.59. The summed E-state index contributed by atoms with van der Waals surface area (Å²) in [5.41, 5.74) is 10.4. The van der Waals surface area contributed by atoms with Crippen molar-refractivity contribution >= 4 is 42.2 Å². The first kappa shape index (κ1) is 25.7. The third-order valence-corrected chi connectivity index (χ3v) is 3.95. The maximum absolute atomic E-state index is 12.5. The first-order valence-electron chi connectivity index (χ1n) is 8.67. The molecule has 160 valence electrons. The van der Waals surface area contributed by atoms with Crippen molar-refractivity contribution in [1.82, 2.24) is 16.0 Å². The smallest absolute Gasteiger partial charge is 0.326 e. The molecule has 0 saturated heterocycles. The molecule has 4 atom stereocenters. The zero-order valence-electron chi connectivity index (χ0n) is 16.1. The number of aliphatic carboxylic acids is 1. The van der Waals surface area contributed by atoms with E-state index in [0.29, 0.717) is 0 Å². The number of carbonyl (C=O) groups is 5. The largest absolute Gasteiger partial charge is 0.480 e. The molecule has 0 aliphatic carbocycles. The van der Waals surface area contributed by atoms with Gasteiger partial charge in [-0.1, -0.05) is 13.8 Å². The zero-order valence-corrected chi connectivity index (χ0v) is 17.0. The molecule has 0 aromatic rings. The Morgan fingerprint density at radius 1 is 0.893 bits per heavy atom. The van der Waals surface area contributed by atoms with Gasteiger partial charge < -0.3 is 32.5 Å². The maximum Gasteiger partial charge on any atom is 0.326 e. The van der Waals surface area contributed by atoms with E-state index < -0.39 is 60.2 Å². The zero-order chi connectivity index (χ0) is 22.0. The van der Waals surface area contributed by atoms with E-state index in [2.05, 4.69) is 28.6 Å². The van der Waals surface area contributed by atoms with Crippen LogP contribution in [0.5, 0.6) is 0 Å². The van der Waals surface area contributed by atoms with Gasteiger partial charge in [-0.05, 0) is 19.3 Å². The number of hydrogen-bond donors (Lipinski definition) is 7. The van der Waals surface area contributed by atoms with E-state index >= 15 is 0 Å². The summed E-state index contributed by atoms with van der Waals surface area (Å²) in [4.78, 5) is 58.8. The van der Waals surface area contributed by atoms with E-state index in [0.717, 1.165) is 0 Å². The standard InChI is InChI=1S/C16H29N5O6S/c1-7(2)4-9(14(24)20-10(16(26)27)5-12(18)22)19-15(25)11(6-28)21-13(23)8(3)17/h7-11,28H,4-6,17H2,1-3H3,(H2,18,22)(H,19,25)(H,20,24)(H,21,23)(H,26,27). The Balaban J connectivity index is 5.25. The van der Waals surface area contributed by atoms with E-state index in [1.807, 2.05) is 0 Å². The lowest BCUT2D eigenvalue weighted by atomic mass is 10.0. The first-order chi connectivity index (χ1) is 12.9. The number of nitrogens with two attached hydrogens (primary N) is 2. The number of rotatable bonds is 12. The van der Waals surface area contributed by atoms with Crippen LogP contribution < -0.4 is 27.4 Å². The van der Waals surface area contributed by atoms with Crippen LogP contribution in [0, 0.1) is 5.92 Å². The highest BCUT2D eigenvalue weighted by Gasteiger charge is 2.30. The summed E-state index contributed by atoms with van der Waals surface area (Å²) in [5.74, 6) is -4.42. The fraction of sp³-hybridized carbons (Fsp3) is 0.688. The van der Waals surface area contributed by atoms with Crippen LogP contribution in [0.4, 0.5) is 0 Å². The van der Waals surface area contributed by atoms with E-state index in [-0.39, 0.29) is 18.1 Å². The van der Waals surface area contributed by atoms with Crippen LogP contribution >= 0.6 is 12.6 Å². The molecule has 4 unspecified atom stereocenters. The number of carboxylic acid groups (broad SMARTS) is 1. The molecule has 28 heavy (non-hydrogen) atoms. The highest BCUT2D eigenvalue weighted by molar-refractivity contribution is 7.80. The molecular formula is C16H29N5O6S. The summed E-state index contributed by atoms with van der Waals surface area (Å²) in [6.07, 6.45) is -0.395. The minimum Gasteiger partial charge on any atom is -0.480 e. The number of primary amides is 1. The van der Waals surface area contributed by atoms with Gasteiger partial charge in [0.25, 0.3) is 0 Å². The van der Waals surface area contributed by atoms with Gasteiger partial charge in [0.2, 0.25) is 23.6 Å². The monoisotopic (exact) mass is 419 g/mol. The minimum atomic E-state index is -1.52. The Morgan fingerprint density at radius 2 is 1.36 bits per heavy atom. The number of thiol groups is 1. The molecule has 0 saturated carbocycles. The van der Waals surface area contributed by atoms with Crippen molar-refractivity contribution < 1.29 is 29.1 Å². The highest BCUT2D eigenvalue weighted by atomic mass is 32.1. The Morgan fingerprint density at radius 3 is 1.75 bits per heavy atom. The van der Waals surface area contributed by atoms with Gasteiger partial charge in [-0.3, -0.25) is 19.2 Å². The quantitative estimate of drug-likeness (QED) is 0.173. The van der Waals surface area contributed by atoms with Crippen LogP contribution in [-0.2, 0) is 24.0 Å². The maximum atomic E-state index is 12.5. The van der Waals surface area contributed by atoms with Crippen LogP contribution in [0.25, 0.3) is 0 Å². The van der Waals surface area contributed by atoms with Crippen molar-refractivity contribution in [2.45, 2.75) is 57.8 Å². The van der Waals surface area contributed by atoms with Crippen LogP contribution in [-0.4, -0.2) is 64.6 Å². The summed E-state index contributed by atoms with van der Waals surface area (Å²) in [5, 5.41) is 16.2. The molecule has 0 spiro atoms. The summed E-state index contributed by atoms with van der Waals surface area (Å²) >= 11 is 4.02. The number of carboxylic acids is 1. The van der Waals surface area contributed by atoms with E-state index in [9.17, 15) is 24.0 Å². The second-order valence-corrected chi connectivity index (χ2v) is 7.16. The molecule has 0 heterocycles. The van der Waals surface area contributed by atoms with Gasteiger partial charge in [0.05, 0.1) is 12.5 Å². The van der Waals surface area contributed by atoms with Gasteiger partial charge in [0, 0.05) is 5.75 Å². The predicted molar refractivity (Wildman–Crippen MR) is 104 cm³/mol. The Hall–Kier alpha value is -2.34. The van der Waals surface area contributed by atoms with Crippen LogP contribution in [0.1, 0.15) is 33.6 Å². The van der Waals surface area contributed by atoms with Crippen molar-refractivity contribution in [3.05, 3.63) is 0 Å². The lowest BCUT2D eigenvalue weighted by molar-refractivity contribution is -0.143. The molecule has 12 heteroatoms. The van der Waals surface area contributed by atoms with Crippen molar-refractivity contribution in [2.24, 2.45) is 17.4 Å². The average molecular weight is 420 g/mol. The number of carbonyl (C=O) groups excluding carboxylic acids is 4. The SMILES string of the molecule is CC(C)CC(NC(=O)C(CS)NC(=O)C(C)N)C(=O)NC(CC(N)=O)C(=O)O. The van der Waals surface area contributed by atoms with Crippen molar-refractivity contribution in [1.29, 1.82) is 0 Å². The summed E-state index contributed by atoms with van der Waals surface area (Å²) in [7, 11) is 0. The molecule has 0 fully saturated rings. The molecule has 0 radical (unpaired) electrons. The van der Waals surface area contributed by atoms with Crippen molar-refractivity contribution in [3.8, 4) is 0 Å². The van der Waals surface area contributed by atoms with E-state index in [1.165, 1.54) is 6.92 Å². The topological polar surface area (TPSA) is 194 Å². The van der Waals surface area contributed by atoms with Gasteiger partial charge in [0.15, 0.2) is 0 Å². The number of amides is 4. The fourth-order valence-electron chi connectivity index (χ4n) is 2.15. The summed E-state index contributed by atoms with van der Waals surface area (Å²) < 4.78 is 0. The van der Waals surface area contributed by atoms with Gasteiger partial charge in [-0.2, -0.15) is 12.6 Å². The average Bonchev–Trinajstić information content (AvgIpc) is 2.56. The van der Waals surface area contributed by atoms with Crippen LogP contribution in [0.3, 0.4) is 0 Å². The Labute approximate surface area is 168 Å². The first-order valence-corrected chi connectivity index (χ1v) is 9.30. The predicted octanol–water partition coefficient (Wildman–Crippen LogP) is -2.28. The number of hydrogen-bond acceptors (Lipinski definition) is 7. The Bertz CT molecular complexity index is 598. The minimum absolute atomic E-state index is 0.0245. The van der Waals surface area contributed by atoms with E-state index in [1.54, 1.807) is 13.8 Å². The summed E-state index contributed by atoms with van der Waals surface area (Å²) in [6, 6.07) is -4.48. The van der Waals surface area contributed by atoms with Crippen LogP contribution in [0.2, 0.25) is 0 Å². The second kappa shape index (κ2) is 12.2. The molecule has 0 rings (SSSR count). The summed E-state index contributed by atoms with van der Waals surface area (Å²) in [6.45, 7) is 5.06. The lowest BCUT2D eigenvalue weighted by Gasteiger charge is -2.25. The molecule has 0 bridgehead atoms. The fourth-order valence-corrected chi connectivity index (χ4v) is 2.40. The van der Waals surface area contributed by atoms with Gasteiger partial charge >= 0.3 is 5.97 Å². The molecule has 0 aliphatic heterocycles. The molecule has 8 N–H and O–H groups in total. The van der Waals surface area contributed by atoms with Gasteiger partial charge in [0.1, 0.15) is 18.1 Å². The number of nitrogens with one attached hydrogen (secondary N) is 3. The molecular weight excluding hydrogens is 390 g/mol. The second-order valence-electron chi connectivity index (χ2n) is 6.79.